The highest BCUT2D eigenvalue weighted by Gasteiger charge is 2.20. The molecule has 0 radical (unpaired) electrons. The molecule has 3 aromatic rings. The maximum atomic E-state index is 12.7. The lowest BCUT2D eigenvalue weighted by atomic mass is 10.1. The van der Waals surface area contributed by atoms with Gasteiger partial charge >= 0.3 is 0 Å². The molecule has 0 saturated carbocycles. The van der Waals surface area contributed by atoms with Crippen LogP contribution in [0.4, 0.5) is 5.69 Å². The van der Waals surface area contributed by atoms with Crippen LogP contribution in [-0.4, -0.2) is 18.3 Å². The van der Waals surface area contributed by atoms with Crippen LogP contribution in [0.25, 0.3) is 10.8 Å². The Morgan fingerprint density at radius 1 is 1.04 bits per heavy atom. The zero-order valence-electron chi connectivity index (χ0n) is 14.4. The molecule has 0 unspecified atom stereocenters. The van der Waals surface area contributed by atoms with E-state index in [2.05, 4.69) is 5.32 Å². The monoisotopic (exact) mass is 351 g/mol. The molecule has 25 heavy (non-hydrogen) atoms. The number of nitrogens with one attached hydrogen (secondary N) is 1. The average Bonchev–Trinajstić information content (AvgIpc) is 2.66. The molecule has 3 aromatic carbocycles. The maximum absolute atomic E-state index is 12.7. The molecule has 0 aliphatic carbocycles. The summed E-state index contributed by atoms with van der Waals surface area (Å²) in [6.45, 7) is 1.95. The van der Waals surface area contributed by atoms with Gasteiger partial charge in [-0.15, -0.1) is 11.8 Å². The van der Waals surface area contributed by atoms with E-state index in [9.17, 15) is 4.79 Å². The van der Waals surface area contributed by atoms with Crippen molar-refractivity contribution in [1.29, 1.82) is 0 Å². The molecule has 0 spiro atoms. The quantitative estimate of drug-likeness (QED) is 0.608. The van der Waals surface area contributed by atoms with Crippen molar-refractivity contribution in [2.45, 2.75) is 24.3 Å². The molecular weight excluding hydrogens is 330 g/mol. The third-order valence-corrected chi connectivity index (χ3v) is 4.84. The zero-order valence-corrected chi connectivity index (χ0v) is 15.2. The summed E-state index contributed by atoms with van der Waals surface area (Å²) in [4.78, 5) is 13.7. The Kier molecular flexibility index (Phi) is 5.61. The maximum Gasteiger partial charge on any atom is 0.265 e. The molecule has 0 aliphatic heterocycles. The minimum absolute atomic E-state index is 0.128. The van der Waals surface area contributed by atoms with Gasteiger partial charge in [-0.2, -0.15) is 0 Å². The summed E-state index contributed by atoms with van der Waals surface area (Å²) in [7, 11) is 0. The molecule has 0 aromatic heterocycles. The lowest BCUT2D eigenvalue weighted by Gasteiger charge is -2.19. The lowest BCUT2D eigenvalue weighted by molar-refractivity contribution is -0.122. The summed E-state index contributed by atoms with van der Waals surface area (Å²) in [5, 5.41) is 5.11. The van der Waals surface area contributed by atoms with Gasteiger partial charge in [0.25, 0.3) is 5.91 Å². The predicted molar refractivity (Wildman–Crippen MR) is 106 cm³/mol. The van der Waals surface area contributed by atoms with E-state index in [-0.39, 0.29) is 5.91 Å². The van der Waals surface area contributed by atoms with Gasteiger partial charge < -0.3 is 10.1 Å². The van der Waals surface area contributed by atoms with Gasteiger partial charge in [0, 0.05) is 10.3 Å². The standard InChI is InChI=1S/C21H21NO2S/c1-3-18(21(23)22-17-12-6-7-14-20(17)25-2)24-19-13-8-10-15-9-4-5-11-16(15)19/h4-14,18H,3H2,1-2H3,(H,22,23)/t18-/m1/s1. The molecule has 1 N–H and O–H groups in total. The number of thioether (sulfide) groups is 1. The molecule has 4 heteroatoms. The summed E-state index contributed by atoms with van der Waals surface area (Å²) < 4.78 is 6.07. The number of carbonyl (C=O) groups is 1. The number of rotatable bonds is 6. The second-order valence-corrected chi connectivity index (χ2v) is 6.53. The van der Waals surface area contributed by atoms with Gasteiger partial charge in [-0.1, -0.05) is 55.5 Å². The van der Waals surface area contributed by atoms with Crippen molar-refractivity contribution in [1.82, 2.24) is 0 Å². The van der Waals surface area contributed by atoms with Crippen LogP contribution in [0, 0.1) is 0 Å². The summed E-state index contributed by atoms with van der Waals surface area (Å²) in [5.41, 5.74) is 0.819. The van der Waals surface area contributed by atoms with Gasteiger partial charge in [-0.25, -0.2) is 0 Å². The summed E-state index contributed by atoms with van der Waals surface area (Å²) in [6, 6.07) is 21.7. The minimum Gasteiger partial charge on any atom is -0.480 e. The Hall–Kier alpha value is -2.46. The Bertz CT molecular complexity index is 873. The van der Waals surface area contributed by atoms with Crippen molar-refractivity contribution in [3.8, 4) is 5.75 Å². The number of ether oxygens (including phenoxy) is 1. The highest BCUT2D eigenvalue weighted by atomic mass is 32.2. The summed E-state index contributed by atoms with van der Waals surface area (Å²) >= 11 is 1.61. The van der Waals surface area contributed by atoms with Gasteiger partial charge in [0.2, 0.25) is 0 Å². The van der Waals surface area contributed by atoms with E-state index in [1.165, 1.54) is 0 Å². The SMILES string of the molecule is CC[C@@H](Oc1cccc2ccccc12)C(=O)Nc1ccccc1SC. The minimum atomic E-state index is -0.541. The highest BCUT2D eigenvalue weighted by molar-refractivity contribution is 7.98. The number of hydrogen-bond acceptors (Lipinski definition) is 3. The van der Waals surface area contributed by atoms with Crippen LogP contribution in [0.15, 0.2) is 71.6 Å². The van der Waals surface area contributed by atoms with E-state index in [0.717, 1.165) is 27.1 Å². The number of hydrogen-bond donors (Lipinski definition) is 1. The van der Waals surface area contributed by atoms with Crippen molar-refractivity contribution >= 4 is 34.1 Å². The van der Waals surface area contributed by atoms with E-state index in [1.807, 2.05) is 79.9 Å². The fraction of sp³-hybridized carbons (Fsp3) is 0.190. The molecule has 1 atom stereocenters. The van der Waals surface area contributed by atoms with Crippen molar-refractivity contribution in [3.05, 3.63) is 66.7 Å². The van der Waals surface area contributed by atoms with Gasteiger partial charge in [-0.3, -0.25) is 4.79 Å². The first-order valence-electron chi connectivity index (χ1n) is 8.31. The van der Waals surface area contributed by atoms with E-state index < -0.39 is 6.10 Å². The van der Waals surface area contributed by atoms with E-state index >= 15 is 0 Å². The summed E-state index contributed by atoms with van der Waals surface area (Å²) in [5.74, 6) is 0.607. The first-order chi connectivity index (χ1) is 12.2. The normalized spacial score (nSPS) is 11.9. The van der Waals surface area contributed by atoms with E-state index in [0.29, 0.717) is 6.42 Å². The first kappa shape index (κ1) is 17.4. The molecule has 1 amide bonds. The van der Waals surface area contributed by atoms with Crippen LogP contribution in [0.2, 0.25) is 0 Å². The van der Waals surface area contributed by atoms with Crippen molar-refractivity contribution in [3.63, 3.8) is 0 Å². The van der Waals surface area contributed by atoms with Gasteiger partial charge in [0.15, 0.2) is 6.10 Å². The van der Waals surface area contributed by atoms with Crippen molar-refractivity contribution in [2.75, 3.05) is 11.6 Å². The third-order valence-electron chi connectivity index (χ3n) is 4.05. The number of anilines is 1. The Morgan fingerprint density at radius 2 is 1.76 bits per heavy atom. The van der Waals surface area contributed by atoms with E-state index in [4.69, 9.17) is 4.74 Å². The van der Waals surface area contributed by atoms with Crippen LogP contribution in [0.3, 0.4) is 0 Å². The van der Waals surface area contributed by atoms with E-state index in [1.54, 1.807) is 11.8 Å². The second-order valence-electron chi connectivity index (χ2n) is 5.68. The Balaban J connectivity index is 1.81. The molecule has 0 bridgehead atoms. The molecule has 0 fully saturated rings. The first-order valence-corrected chi connectivity index (χ1v) is 9.53. The molecule has 3 nitrogen and oxygen atoms in total. The topological polar surface area (TPSA) is 38.3 Å². The number of para-hydroxylation sites is 1. The molecule has 128 valence electrons. The van der Waals surface area contributed by atoms with Crippen molar-refractivity contribution < 1.29 is 9.53 Å². The summed E-state index contributed by atoms with van der Waals surface area (Å²) in [6.07, 6.45) is 2.05. The lowest BCUT2D eigenvalue weighted by Crippen LogP contribution is -2.32. The largest absolute Gasteiger partial charge is 0.480 e. The zero-order chi connectivity index (χ0) is 17.6. The smallest absolute Gasteiger partial charge is 0.265 e. The Morgan fingerprint density at radius 3 is 2.56 bits per heavy atom. The van der Waals surface area contributed by atoms with Gasteiger partial charge in [0.1, 0.15) is 5.75 Å². The highest BCUT2D eigenvalue weighted by Crippen LogP contribution is 2.28. The molecule has 0 heterocycles. The van der Waals surface area contributed by atoms with Gasteiger partial charge in [-0.05, 0) is 36.3 Å². The molecule has 3 rings (SSSR count). The molecular formula is C21H21NO2S. The third kappa shape index (κ3) is 3.97. The predicted octanol–water partition coefficient (Wildman–Crippen LogP) is 5.36. The van der Waals surface area contributed by atoms with Gasteiger partial charge in [0.05, 0.1) is 5.69 Å². The van der Waals surface area contributed by atoms with Crippen LogP contribution < -0.4 is 10.1 Å². The van der Waals surface area contributed by atoms with Crippen LogP contribution in [0.5, 0.6) is 5.75 Å². The number of benzene rings is 3. The van der Waals surface area contributed by atoms with Crippen molar-refractivity contribution in [2.24, 2.45) is 0 Å². The number of carbonyl (C=O) groups excluding carboxylic acids is 1. The molecule has 0 aliphatic rings. The van der Waals surface area contributed by atoms with Crippen LogP contribution in [0.1, 0.15) is 13.3 Å². The Labute approximate surface area is 152 Å². The second kappa shape index (κ2) is 8.08. The fourth-order valence-electron chi connectivity index (χ4n) is 2.74. The fourth-order valence-corrected chi connectivity index (χ4v) is 3.29. The molecule has 0 saturated heterocycles. The average molecular weight is 351 g/mol. The van der Waals surface area contributed by atoms with Crippen LogP contribution in [-0.2, 0) is 4.79 Å². The number of fused-ring (bicyclic) bond motifs is 1. The number of amides is 1. The van der Waals surface area contributed by atoms with Crippen LogP contribution >= 0.6 is 11.8 Å².